The van der Waals surface area contributed by atoms with Gasteiger partial charge in [0, 0.05) is 10.9 Å². The summed E-state index contributed by atoms with van der Waals surface area (Å²) in [7, 11) is 0. The number of nitrogens with two attached hydrogens (primary N) is 1. The van der Waals surface area contributed by atoms with Crippen molar-refractivity contribution >= 4 is 11.3 Å². The maximum absolute atomic E-state index is 5.22. The number of hydrogen-bond donors (Lipinski definition) is 1. The Bertz CT molecular complexity index is 264. The summed E-state index contributed by atoms with van der Waals surface area (Å²) in [6.07, 6.45) is 0. The van der Waals surface area contributed by atoms with Gasteiger partial charge >= 0.3 is 0 Å². The van der Waals surface area contributed by atoms with Crippen molar-refractivity contribution in [2.24, 2.45) is 5.73 Å². The van der Waals surface area contributed by atoms with Crippen LogP contribution in [0.2, 0.25) is 0 Å². The monoisotopic (exact) mass is 151 g/mol. The summed E-state index contributed by atoms with van der Waals surface area (Å²) >= 11 is 1.67. The van der Waals surface area contributed by atoms with E-state index in [0.717, 1.165) is 5.56 Å². The van der Waals surface area contributed by atoms with Gasteiger partial charge in [-0.15, -0.1) is 0 Å². The second-order valence-electron chi connectivity index (χ2n) is 1.97. The van der Waals surface area contributed by atoms with Crippen molar-refractivity contribution in [2.75, 3.05) is 6.54 Å². The summed E-state index contributed by atoms with van der Waals surface area (Å²) in [6, 6.07) is 0. The molecule has 0 aliphatic rings. The third-order valence-electron chi connectivity index (χ3n) is 1.18. The minimum absolute atomic E-state index is 0.440. The van der Waals surface area contributed by atoms with Crippen molar-refractivity contribution in [1.29, 1.82) is 0 Å². The van der Waals surface area contributed by atoms with E-state index in [1.165, 1.54) is 5.56 Å². The van der Waals surface area contributed by atoms with Gasteiger partial charge in [0.05, 0.1) is 6.54 Å². The quantitative estimate of drug-likeness (QED) is 0.557. The maximum Gasteiger partial charge on any atom is 0.0555 e. The number of hydrogen-bond acceptors (Lipinski definition) is 2. The fraction of sp³-hybridized carbons (Fsp3) is 0.250. The van der Waals surface area contributed by atoms with Crippen molar-refractivity contribution < 1.29 is 0 Å². The zero-order valence-corrected chi connectivity index (χ0v) is 6.66. The fourth-order valence-corrected chi connectivity index (χ4v) is 1.41. The molecule has 0 radical (unpaired) electrons. The molecule has 2 N–H and O–H groups in total. The minimum atomic E-state index is 0.440. The van der Waals surface area contributed by atoms with Gasteiger partial charge in [-0.2, -0.15) is 11.3 Å². The van der Waals surface area contributed by atoms with Crippen LogP contribution in [0.4, 0.5) is 0 Å². The molecule has 0 aromatic carbocycles. The van der Waals surface area contributed by atoms with Crippen LogP contribution >= 0.6 is 11.3 Å². The third kappa shape index (κ3) is 1.60. The molecule has 1 heterocycles. The smallest absolute Gasteiger partial charge is 0.0555 e. The van der Waals surface area contributed by atoms with E-state index in [4.69, 9.17) is 5.73 Å². The molecule has 0 aliphatic heterocycles. The Kier molecular flexibility index (Phi) is 2.49. The first-order valence-corrected chi connectivity index (χ1v) is 4.00. The molecular formula is C8H9NS. The van der Waals surface area contributed by atoms with Crippen molar-refractivity contribution in [3.8, 4) is 11.8 Å². The van der Waals surface area contributed by atoms with Gasteiger partial charge in [0.25, 0.3) is 0 Å². The zero-order chi connectivity index (χ0) is 7.40. The highest BCUT2D eigenvalue weighted by atomic mass is 32.1. The molecule has 1 nitrogen and oxygen atoms in total. The van der Waals surface area contributed by atoms with Crippen molar-refractivity contribution in [2.45, 2.75) is 6.92 Å². The van der Waals surface area contributed by atoms with Crippen LogP contribution in [0.25, 0.3) is 0 Å². The van der Waals surface area contributed by atoms with E-state index in [0.29, 0.717) is 6.54 Å². The van der Waals surface area contributed by atoms with Crippen molar-refractivity contribution in [1.82, 2.24) is 0 Å². The van der Waals surface area contributed by atoms with Gasteiger partial charge in [-0.3, -0.25) is 0 Å². The van der Waals surface area contributed by atoms with E-state index in [9.17, 15) is 0 Å². The Morgan fingerprint density at radius 1 is 1.60 bits per heavy atom. The Morgan fingerprint density at radius 2 is 2.40 bits per heavy atom. The normalized spacial score (nSPS) is 8.60. The molecule has 1 aromatic rings. The van der Waals surface area contributed by atoms with Gasteiger partial charge < -0.3 is 5.73 Å². The molecule has 0 bridgehead atoms. The van der Waals surface area contributed by atoms with Gasteiger partial charge in [-0.25, -0.2) is 0 Å². The predicted octanol–water partition coefficient (Wildman–Crippen LogP) is 1.37. The van der Waals surface area contributed by atoms with Gasteiger partial charge in [0.15, 0.2) is 0 Å². The van der Waals surface area contributed by atoms with Gasteiger partial charge in [0.2, 0.25) is 0 Å². The summed E-state index contributed by atoms with van der Waals surface area (Å²) in [4.78, 5) is 0. The Hall–Kier alpha value is -0.780. The van der Waals surface area contributed by atoms with Crippen LogP contribution in [0, 0.1) is 18.8 Å². The maximum atomic E-state index is 5.22. The summed E-state index contributed by atoms with van der Waals surface area (Å²) in [5.74, 6) is 5.80. The highest BCUT2D eigenvalue weighted by Gasteiger charge is 1.91. The number of rotatable bonds is 0. The van der Waals surface area contributed by atoms with Gasteiger partial charge in [0.1, 0.15) is 0 Å². The lowest BCUT2D eigenvalue weighted by atomic mass is 10.2. The Morgan fingerprint density at radius 3 is 2.90 bits per heavy atom. The van der Waals surface area contributed by atoms with Crippen LogP contribution in [-0.2, 0) is 0 Å². The fourth-order valence-electron chi connectivity index (χ4n) is 0.635. The first kappa shape index (κ1) is 7.33. The molecular weight excluding hydrogens is 142 g/mol. The molecule has 0 atom stereocenters. The van der Waals surface area contributed by atoms with Crippen LogP contribution < -0.4 is 5.73 Å². The summed E-state index contributed by atoms with van der Waals surface area (Å²) in [5.41, 5.74) is 7.57. The van der Waals surface area contributed by atoms with Crippen molar-refractivity contribution in [3.05, 3.63) is 21.9 Å². The SMILES string of the molecule is Cc1cscc1C#CCN. The average molecular weight is 151 g/mol. The molecule has 0 spiro atoms. The van der Waals surface area contributed by atoms with Crippen LogP contribution in [0.15, 0.2) is 10.8 Å². The topological polar surface area (TPSA) is 26.0 Å². The predicted molar refractivity (Wildman–Crippen MR) is 45.0 cm³/mol. The van der Waals surface area contributed by atoms with E-state index >= 15 is 0 Å². The second kappa shape index (κ2) is 3.40. The second-order valence-corrected chi connectivity index (χ2v) is 2.72. The highest BCUT2D eigenvalue weighted by molar-refractivity contribution is 7.08. The minimum Gasteiger partial charge on any atom is -0.320 e. The van der Waals surface area contributed by atoms with E-state index in [2.05, 4.69) is 24.1 Å². The number of thiophene rings is 1. The van der Waals surface area contributed by atoms with Crippen LogP contribution in [0.5, 0.6) is 0 Å². The van der Waals surface area contributed by atoms with Crippen LogP contribution in [0.3, 0.4) is 0 Å². The molecule has 0 saturated carbocycles. The molecule has 1 aromatic heterocycles. The lowest BCUT2D eigenvalue weighted by Gasteiger charge is -1.82. The van der Waals surface area contributed by atoms with Crippen LogP contribution in [-0.4, -0.2) is 6.54 Å². The average Bonchev–Trinajstić information content (AvgIpc) is 2.31. The summed E-state index contributed by atoms with van der Waals surface area (Å²) in [5, 5.41) is 4.12. The largest absolute Gasteiger partial charge is 0.320 e. The molecule has 52 valence electrons. The molecule has 1 rings (SSSR count). The molecule has 0 amide bonds. The Balaban J connectivity index is 2.84. The molecule has 0 fully saturated rings. The summed E-state index contributed by atoms with van der Waals surface area (Å²) in [6.45, 7) is 2.49. The molecule has 0 saturated heterocycles. The molecule has 2 heteroatoms. The standard InChI is InChI=1S/C8H9NS/c1-7-5-10-6-8(7)3-2-4-9/h5-6H,4,9H2,1H3. The van der Waals surface area contributed by atoms with E-state index < -0.39 is 0 Å². The Labute approximate surface area is 64.9 Å². The molecule has 0 aliphatic carbocycles. The third-order valence-corrected chi connectivity index (χ3v) is 2.04. The lowest BCUT2D eigenvalue weighted by molar-refractivity contribution is 1.30. The first-order chi connectivity index (χ1) is 4.84. The summed E-state index contributed by atoms with van der Waals surface area (Å²) < 4.78 is 0. The molecule has 0 unspecified atom stereocenters. The zero-order valence-electron chi connectivity index (χ0n) is 5.85. The number of aryl methyl sites for hydroxylation is 1. The molecule has 10 heavy (non-hydrogen) atoms. The lowest BCUT2D eigenvalue weighted by Crippen LogP contribution is -1.92. The van der Waals surface area contributed by atoms with Gasteiger partial charge in [-0.1, -0.05) is 11.8 Å². The van der Waals surface area contributed by atoms with Gasteiger partial charge in [-0.05, 0) is 17.9 Å². The van der Waals surface area contributed by atoms with E-state index in [1.807, 2.05) is 5.38 Å². The van der Waals surface area contributed by atoms with Crippen molar-refractivity contribution in [3.63, 3.8) is 0 Å². The first-order valence-electron chi connectivity index (χ1n) is 3.06. The van der Waals surface area contributed by atoms with E-state index in [1.54, 1.807) is 11.3 Å². The van der Waals surface area contributed by atoms with Crippen LogP contribution in [0.1, 0.15) is 11.1 Å². The van der Waals surface area contributed by atoms with E-state index in [-0.39, 0.29) is 0 Å². The highest BCUT2D eigenvalue weighted by Crippen LogP contribution is 2.11.